The highest BCUT2D eigenvalue weighted by Crippen LogP contribution is 2.28. The minimum absolute atomic E-state index is 0.0370. The Labute approximate surface area is 127 Å². The highest BCUT2D eigenvalue weighted by molar-refractivity contribution is 5.93. The Balaban J connectivity index is 1.90. The summed E-state index contributed by atoms with van der Waals surface area (Å²) in [4.78, 5) is 29.5. The number of nitrogens with zero attached hydrogens (tertiary/aromatic N) is 2. The third-order valence-electron chi connectivity index (χ3n) is 3.78. The molecule has 1 saturated heterocycles. The standard InChI is InChI=1S/C14H20FN3O4/c1-10-11(22-9-17-10)12(19)18-6-3-14(15,4-7-18)13(20)16-5-8-21-2/h9H,3-8H2,1-2H3,(H,16,20). The molecule has 8 heteroatoms. The van der Waals surface area contributed by atoms with Crippen LogP contribution in [0.5, 0.6) is 0 Å². The Kier molecular flexibility index (Phi) is 5.12. The van der Waals surface area contributed by atoms with Crippen LogP contribution in [0, 0.1) is 6.92 Å². The highest BCUT2D eigenvalue weighted by atomic mass is 19.1. The van der Waals surface area contributed by atoms with Crippen LogP contribution in [0.2, 0.25) is 0 Å². The van der Waals surface area contributed by atoms with Gasteiger partial charge < -0.3 is 19.4 Å². The van der Waals surface area contributed by atoms with E-state index in [9.17, 15) is 14.0 Å². The topological polar surface area (TPSA) is 84.7 Å². The summed E-state index contributed by atoms with van der Waals surface area (Å²) < 4.78 is 24.5. The van der Waals surface area contributed by atoms with E-state index < -0.39 is 11.6 Å². The Morgan fingerprint density at radius 1 is 1.50 bits per heavy atom. The van der Waals surface area contributed by atoms with Crippen LogP contribution in [-0.2, 0) is 9.53 Å². The molecule has 22 heavy (non-hydrogen) atoms. The van der Waals surface area contributed by atoms with Crippen molar-refractivity contribution in [3.63, 3.8) is 0 Å². The zero-order valence-corrected chi connectivity index (χ0v) is 12.7. The number of nitrogens with one attached hydrogen (secondary N) is 1. The summed E-state index contributed by atoms with van der Waals surface area (Å²) in [6.07, 6.45) is 1.13. The number of aromatic nitrogens is 1. The van der Waals surface area contributed by atoms with Gasteiger partial charge in [0.2, 0.25) is 5.76 Å². The second-order valence-corrected chi connectivity index (χ2v) is 5.27. The van der Waals surface area contributed by atoms with Crippen molar-refractivity contribution in [1.82, 2.24) is 15.2 Å². The lowest BCUT2D eigenvalue weighted by Gasteiger charge is -2.35. The molecule has 122 valence electrons. The fraction of sp³-hybridized carbons (Fsp3) is 0.643. The van der Waals surface area contributed by atoms with Crippen LogP contribution in [0.25, 0.3) is 0 Å². The molecule has 1 fully saturated rings. The highest BCUT2D eigenvalue weighted by Gasteiger charge is 2.43. The van der Waals surface area contributed by atoms with E-state index in [2.05, 4.69) is 10.3 Å². The number of amides is 2. The van der Waals surface area contributed by atoms with Crippen molar-refractivity contribution < 1.29 is 23.1 Å². The smallest absolute Gasteiger partial charge is 0.291 e. The Bertz CT molecular complexity index is 538. The number of aryl methyl sites for hydroxylation is 1. The Morgan fingerprint density at radius 2 is 2.18 bits per heavy atom. The van der Waals surface area contributed by atoms with Gasteiger partial charge in [0.25, 0.3) is 11.8 Å². The number of piperidine rings is 1. The van der Waals surface area contributed by atoms with Gasteiger partial charge in [0.15, 0.2) is 12.1 Å². The molecule has 0 bridgehead atoms. The summed E-state index contributed by atoms with van der Waals surface area (Å²) in [5.41, 5.74) is -1.44. The van der Waals surface area contributed by atoms with E-state index in [1.807, 2.05) is 0 Å². The van der Waals surface area contributed by atoms with Crippen molar-refractivity contribution in [3.8, 4) is 0 Å². The zero-order valence-electron chi connectivity index (χ0n) is 12.7. The Morgan fingerprint density at radius 3 is 2.73 bits per heavy atom. The molecule has 7 nitrogen and oxygen atoms in total. The minimum atomic E-state index is -1.94. The molecule has 1 aliphatic heterocycles. The molecule has 0 atom stereocenters. The first-order chi connectivity index (χ1) is 10.5. The van der Waals surface area contributed by atoms with E-state index in [-0.39, 0.29) is 44.1 Å². The lowest BCUT2D eigenvalue weighted by molar-refractivity contribution is -0.135. The van der Waals surface area contributed by atoms with Gasteiger partial charge in [0.1, 0.15) is 0 Å². The van der Waals surface area contributed by atoms with E-state index in [1.165, 1.54) is 18.4 Å². The fourth-order valence-electron chi connectivity index (χ4n) is 2.37. The number of hydrogen-bond acceptors (Lipinski definition) is 5. The molecule has 1 aromatic rings. The van der Waals surface area contributed by atoms with Gasteiger partial charge in [-0.25, -0.2) is 9.37 Å². The van der Waals surface area contributed by atoms with Gasteiger partial charge in [0.05, 0.1) is 12.3 Å². The molecule has 0 radical (unpaired) electrons. The Hall–Kier alpha value is -1.96. The summed E-state index contributed by atoms with van der Waals surface area (Å²) >= 11 is 0. The van der Waals surface area contributed by atoms with Crippen molar-refractivity contribution in [2.45, 2.75) is 25.4 Å². The zero-order chi connectivity index (χ0) is 16.2. The molecule has 2 heterocycles. The summed E-state index contributed by atoms with van der Waals surface area (Å²) in [5, 5.41) is 2.50. The average Bonchev–Trinajstić information content (AvgIpc) is 2.93. The van der Waals surface area contributed by atoms with E-state index in [4.69, 9.17) is 9.15 Å². The average molecular weight is 313 g/mol. The van der Waals surface area contributed by atoms with Crippen LogP contribution < -0.4 is 5.32 Å². The number of hydrogen-bond donors (Lipinski definition) is 1. The fourth-order valence-corrected chi connectivity index (χ4v) is 2.37. The maximum atomic E-state index is 14.6. The first-order valence-corrected chi connectivity index (χ1v) is 7.13. The van der Waals surface area contributed by atoms with Crippen LogP contribution >= 0.6 is 0 Å². The molecule has 0 unspecified atom stereocenters. The number of halogens is 1. The van der Waals surface area contributed by atoms with Gasteiger partial charge >= 0.3 is 0 Å². The maximum Gasteiger partial charge on any atom is 0.291 e. The van der Waals surface area contributed by atoms with Gasteiger partial charge in [-0.05, 0) is 6.92 Å². The van der Waals surface area contributed by atoms with Crippen LogP contribution in [0.1, 0.15) is 29.1 Å². The number of carbonyl (C=O) groups excluding carboxylic acids is 2. The van der Waals surface area contributed by atoms with Crippen molar-refractivity contribution >= 4 is 11.8 Å². The number of carbonyl (C=O) groups is 2. The monoisotopic (exact) mass is 313 g/mol. The molecule has 0 saturated carbocycles. The van der Waals surface area contributed by atoms with Crippen LogP contribution in [-0.4, -0.2) is 60.7 Å². The summed E-state index contributed by atoms with van der Waals surface area (Å²) in [7, 11) is 1.51. The number of likely N-dealkylation sites (tertiary alicyclic amines) is 1. The summed E-state index contributed by atoms with van der Waals surface area (Å²) in [6, 6.07) is 0. The van der Waals surface area contributed by atoms with E-state index >= 15 is 0 Å². The van der Waals surface area contributed by atoms with E-state index in [0.717, 1.165) is 0 Å². The molecule has 0 aromatic carbocycles. The molecular weight excluding hydrogens is 293 g/mol. The predicted molar refractivity (Wildman–Crippen MR) is 75.1 cm³/mol. The number of methoxy groups -OCH3 is 1. The number of rotatable bonds is 5. The van der Waals surface area contributed by atoms with Gasteiger partial charge in [0, 0.05) is 39.6 Å². The largest absolute Gasteiger partial charge is 0.438 e. The SMILES string of the molecule is COCCNC(=O)C1(F)CCN(C(=O)c2ocnc2C)CC1. The molecule has 2 rings (SSSR count). The van der Waals surface area contributed by atoms with Gasteiger partial charge in [-0.1, -0.05) is 0 Å². The third kappa shape index (κ3) is 3.44. The molecular formula is C14H20FN3O4. The lowest BCUT2D eigenvalue weighted by Crippen LogP contribution is -2.52. The van der Waals surface area contributed by atoms with Gasteiger partial charge in [-0.3, -0.25) is 9.59 Å². The second kappa shape index (κ2) is 6.87. The molecule has 0 aliphatic carbocycles. The normalized spacial score (nSPS) is 17.3. The molecule has 1 aliphatic rings. The maximum absolute atomic E-state index is 14.6. The van der Waals surface area contributed by atoms with E-state index in [1.54, 1.807) is 6.92 Å². The summed E-state index contributed by atoms with van der Waals surface area (Å²) in [6.45, 7) is 2.59. The van der Waals surface area contributed by atoms with Crippen molar-refractivity contribution in [2.75, 3.05) is 33.4 Å². The number of ether oxygens (including phenoxy) is 1. The lowest BCUT2D eigenvalue weighted by atomic mass is 9.92. The molecule has 1 aromatic heterocycles. The van der Waals surface area contributed by atoms with Gasteiger partial charge in [-0.2, -0.15) is 0 Å². The minimum Gasteiger partial charge on any atom is -0.438 e. The van der Waals surface area contributed by atoms with Gasteiger partial charge in [-0.15, -0.1) is 0 Å². The van der Waals surface area contributed by atoms with Crippen molar-refractivity contribution in [1.29, 1.82) is 0 Å². The molecule has 1 N–H and O–H groups in total. The van der Waals surface area contributed by atoms with Crippen LogP contribution in [0.15, 0.2) is 10.8 Å². The molecule has 0 spiro atoms. The van der Waals surface area contributed by atoms with Crippen molar-refractivity contribution in [3.05, 3.63) is 17.8 Å². The van der Waals surface area contributed by atoms with Crippen molar-refractivity contribution in [2.24, 2.45) is 0 Å². The van der Waals surface area contributed by atoms with Crippen LogP contribution in [0.4, 0.5) is 4.39 Å². The first-order valence-electron chi connectivity index (χ1n) is 7.13. The third-order valence-corrected chi connectivity index (χ3v) is 3.78. The second-order valence-electron chi connectivity index (χ2n) is 5.27. The quantitative estimate of drug-likeness (QED) is 0.809. The number of alkyl halides is 1. The predicted octanol–water partition coefficient (Wildman–Crippen LogP) is 0.690. The van der Waals surface area contributed by atoms with E-state index in [0.29, 0.717) is 12.3 Å². The molecule has 2 amide bonds. The van der Waals surface area contributed by atoms with Crippen LogP contribution in [0.3, 0.4) is 0 Å². The summed E-state index contributed by atoms with van der Waals surface area (Å²) in [5.74, 6) is -0.805. The number of oxazole rings is 1. The first kappa shape index (κ1) is 16.4.